The van der Waals surface area contributed by atoms with Gasteiger partial charge in [0, 0.05) is 20.3 Å². The third kappa shape index (κ3) is 8.29. The predicted molar refractivity (Wildman–Crippen MR) is 55.6 cm³/mol. The van der Waals surface area contributed by atoms with Crippen LogP contribution in [0.1, 0.15) is 13.3 Å². The molecule has 1 amide bonds. The number of methoxy groups -OCH3 is 1. The minimum Gasteiger partial charge on any atom is -0.383 e. The second kappa shape index (κ2) is 9.24. The molecule has 0 spiro atoms. The quantitative estimate of drug-likeness (QED) is 0.489. The molecule has 0 aliphatic rings. The summed E-state index contributed by atoms with van der Waals surface area (Å²) >= 11 is 5.81. The SMILES string of the molecule is CCCOCC(=O)NCC(Cl)COC. The molecule has 0 heterocycles. The summed E-state index contributed by atoms with van der Waals surface area (Å²) < 4.78 is 9.87. The Morgan fingerprint density at radius 3 is 2.86 bits per heavy atom. The minimum atomic E-state index is -0.185. The molecule has 0 aromatic carbocycles. The van der Waals surface area contributed by atoms with Crippen molar-refractivity contribution in [2.45, 2.75) is 18.7 Å². The number of carbonyl (C=O) groups is 1. The van der Waals surface area contributed by atoms with Gasteiger partial charge in [-0.25, -0.2) is 0 Å². The highest BCUT2D eigenvalue weighted by Crippen LogP contribution is 1.93. The van der Waals surface area contributed by atoms with Gasteiger partial charge in [-0.15, -0.1) is 11.6 Å². The molecule has 84 valence electrons. The minimum absolute atomic E-state index is 0.102. The number of rotatable bonds is 8. The molecule has 1 atom stereocenters. The van der Waals surface area contributed by atoms with Crippen molar-refractivity contribution < 1.29 is 14.3 Å². The highest BCUT2D eigenvalue weighted by atomic mass is 35.5. The third-order valence-corrected chi connectivity index (χ3v) is 1.73. The Kier molecular flexibility index (Phi) is 9.03. The smallest absolute Gasteiger partial charge is 0.246 e. The zero-order valence-corrected chi connectivity index (χ0v) is 9.47. The Balaban J connectivity index is 3.34. The van der Waals surface area contributed by atoms with Crippen molar-refractivity contribution in [3.05, 3.63) is 0 Å². The van der Waals surface area contributed by atoms with E-state index in [4.69, 9.17) is 21.1 Å². The fourth-order valence-electron chi connectivity index (χ4n) is 0.825. The maximum absolute atomic E-state index is 11.1. The summed E-state index contributed by atoms with van der Waals surface area (Å²) in [7, 11) is 1.57. The zero-order chi connectivity index (χ0) is 10.8. The van der Waals surface area contributed by atoms with Crippen LogP contribution in [0, 0.1) is 0 Å². The van der Waals surface area contributed by atoms with Crippen LogP contribution in [0.2, 0.25) is 0 Å². The van der Waals surface area contributed by atoms with Gasteiger partial charge in [0.25, 0.3) is 0 Å². The Morgan fingerprint density at radius 1 is 1.57 bits per heavy atom. The molecule has 0 radical (unpaired) electrons. The molecule has 0 aliphatic carbocycles. The first-order chi connectivity index (χ1) is 6.70. The van der Waals surface area contributed by atoms with Crippen LogP contribution in [0.3, 0.4) is 0 Å². The maximum Gasteiger partial charge on any atom is 0.246 e. The fourth-order valence-corrected chi connectivity index (χ4v) is 1.03. The van der Waals surface area contributed by atoms with Gasteiger partial charge in [-0.2, -0.15) is 0 Å². The second-order valence-electron chi connectivity index (χ2n) is 2.91. The topological polar surface area (TPSA) is 47.6 Å². The molecule has 1 unspecified atom stereocenters. The van der Waals surface area contributed by atoms with Crippen molar-refractivity contribution in [1.29, 1.82) is 0 Å². The number of hydrogen-bond donors (Lipinski definition) is 1. The first-order valence-corrected chi connectivity index (χ1v) is 5.11. The summed E-state index contributed by atoms with van der Waals surface area (Å²) in [5, 5.41) is 2.47. The van der Waals surface area contributed by atoms with Crippen LogP contribution in [0.5, 0.6) is 0 Å². The van der Waals surface area contributed by atoms with Crippen LogP contribution in [0.4, 0.5) is 0 Å². The molecule has 0 aromatic rings. The first kappa shape index (κ1) is 13.7. The van der Waals surface area contributed by atoms with Crippen molar-refractivity contribution in [3.63, 3.8) is 0 Å². The van der Waals surface area contributed by atoms with Crippen LogP contribution in [0.15, 0.2) is 0 Å². The van der Waals surface area contributed by atoms with Crippen molar-refractivity contribution >= 4 is 17.5 Å². The van der Waals surface area contributed by atoms with E-state index >= 15 is 0 Å². The lowest BCUT2D eigenvalue weighted by Gasteiger charge is -2.09. The third-order valence-electron chi connectivity index (χ3n) is 1.45. The number of amides is 1. The van der Waals surface area contributed by atoms with E-state index in [2.05, 4.69) is 5.32 Å². The van der Waals surface area contributed by atoms with Gasteiger partial charge in [0.05, 0.1) is 12.0 Å². The van der Waals surface area contributed by atoms with Crippen molar-refractivity contribution in [2.75, 3.05) is 33.5 Å². The molecule has 4 nitrogen and oxygen atoms in total. The monoisotopic (exact) mass is 223 g/mol. The maximum atomic E-state index is 11.1. The van der Waals surface area contributed by atoms with E-state index < -0.39 is 0 Å². The van der Waals surface area contributed by atoms with Gasteiger partial charge >= 0.3 is 0 Å². The average Bonchev–Trinajstić information content (AvgIpc) is 2.16. The Bertz CT molecular complexity index is 155. The Morgan fingerprint density at radius 2 is 2.29 bits per heavy atom. The molecule has 0 saturated heterocycles. The van der Waals surface area contributed by atoms with Crippen molar-refractivity contribution in [3.8, 4) is 0 Å². The highest BCUT2D eigenvalue weighted by molar-refractivity contribution is 6.21. The molecule has 0 fully saturated rings. The predicted octanol–water partition coefficient (Wildman–Crippen LogP) is 0.783. The van der Waals surface area contributed by atoms with E-state index in [1.165, 1.54) is 0 Å². The lowest BCUT2D eigenvalue weighted by Crippen LogP contribution is -2.34. The molecule has 0 bridgehead atoms. The van der Waals surface area contributed by atoms with Crippen LogP contribution < -0.4 is 5.32 Å². The summed E-state index contributed by atoms with van der Waals surface area (Å²) in [4.78, 5) is 11.1. The second-order valence-corrected chi connectivity index (χ2v) is 3.53. The van der Waals surface area contributed by atoms with Crippen molar-refractivity contribution in [1.82, 2.24) is 5.32 Å². The van der Waals surface area contributed by atoms with Crippen molar-refractivity contribution in [2.24, 2.45) is 0 Å². The summed E-state index contributed by atoms with van der Waals surface area (Å²) in [6.07, 6.45) is 0.912. The van der Waals surface area contributed by atoms with E-state index in [-0.39, 0.29) is 17.9 Å². The molecule has 0 rings (SSSR count). The van der Waals surface area contributed by atoms with Gasteiger partial charge in [0.15, 0.2) is 0 Å². The zero-order valence-electron chi connectivity index (χ0n) is 8.72. The number of hydrogen-bond acceptors (Lipinski definition) is 3. The fraction of sp³-hybridized carbons (Fsp3) is 0.889. The van der Waals surface area contributed by atoms with Gasteiger partial charge in [-0.1, -0.05) is 6.92 Å². The van der Waals surface area contributed by atoms with Gasteiger partial charge < -0.3 is 14.8 Å². The van der Waals surface area contributed by atoms with Crippen LogP contribution in [0.25, 0.3) is 0 Å². The normalized spacial score (nSPS) is 12.5. The van der Waals surface area contributed by atoms with Gasteiger partial charge in [0.1, 0.15) is 6.61 Å². The molecule has 0 aliphatic heterocycles. The molecular formula is C9H18ClNO3. The van der Waals surface area contributed by atoms with E-state index in [1.807, 2.05) is 6.92 Å². The van der Waals surface area contributed by atoms with E-state index in [0.29, 0.717) is 19.8 Å². The van der Waals surface area contributed by atoms with Crippen LogP contribution in [-0.4, -0.2) is 44.8 Å². The van der Waals surface area contributed by atoms with Gasteiger partial charge in [0.2, 0.25) is 5.91 Å². The largest absolute Gasteiger partial charge is 0.383 e. The summed E-state index contributed by atoms with van der Waals surface area (Å²) in [5.41, 5.74) is 0. The molecule has 0 aromatic heterocycles. The molecule has 0 saturated carbocycles. The Hall–Kier alpha value is -0.320. The van der Waals surface area contributed by atoms with Crippen LogP contribution >= 0.6 is 11.6 Å². The molecule has 14 heavy (non-hydrogen) atoms. The summed E-state index contributed by atoms with van der Waals surface area (Å²) in [5.74, 6) is -0.139. The van der Waals surface area contributed by atoms with E-state index in [9.17, 15) is 4.79 Å². The standard InChI is InChI=1S/C9H18ClNO3/c1-3-4-14-7-9(12)11-5-8(10)6-13-2/h8H,3-7H2,1-2H3,(H,11,12). The lowest BCUT2D eigenvalue weighted by molar-refractivity contribution is -0.125. The van der Waals surface area contributed by atoms with Gasteiger partial charge in [-0.05, 0) is 6.42 Å². The number of nitrogens with one attached hydrogen (secondary N) is 1. The Labute approximate surface area is 89.9 Å². The number of halogens is 1. The molecule has 5 heteroatoms. The number of ether oxygens (including phenoxy) is 2. The van der Waals surface area contributed by atoms with Gasteiger partial charge in [-0.3, -0.25) is 4.79 Å². The summed E-state index contributed by atoms with van der Waals surface area (Å²) in [6.45, 7) is 3.53. The number of alkyl halides is 1. The average molecular weight is 224 g/mol. The lowest BCUT2D eigenvalue weighted by atomic mass is 10.4. The van der Waals surface area contributed by atoms with E-state index in [0.717, 1.165) is 6.42 Å². The van der Waals surface area contributed by atoms with E-state index in [1.54, 1.807) is 7.11 Å². The highest BCUT2D eigenvalue weighted by Gasteiger charge is 2.06. The number of carbonyl (C=O) groups excluding carboxylic acids is 1. The first-order valence-electron chi connectivity index (χ1n) is 4.68. The summed E-state index contributed by atoms with van der Waals surface area (Å²) in [6, 6.07) is 0. The molecular weight excluding hydrogens is 206 g/mol. The van der Waals surface area contributed by atoms with Crippen LogP contribution in [-0.2, 0) is 14.3 Å². The molecule has 1 N–H and O–H groups in total.